The number of H-pyrrole nitrogens is 1. The summed E-state index contributed by atoms with van der Waals surface area (Å²) in [6.45, 7) is 4.01. The largest absolute Gasteiger partial charge is 0.312 e. The Balaban J connectivity index is 1.78. The summed E-state index contributed by atoms with van der Waals surface area (Å²) in [7, 11) is 0. The molecule has 1 aromatic carbocycles. The first-order chi connectivity index (χ1) is 8.40. The number of aryl methyl sites for hydroxylation is 1. The molecule has 0 aliphatic carbocycles. The minimum Gasteiger partial charge on any atom is -0.312 e. The minimum absolute atomic E-state index is 0.883. The second-order valence-electron chi connectivity index (χ2n) is 3.98. The summed E-state index contributed by atoms with van der Waals surface area (Å²) in [6, 6.07) is 8.55. The molecule has 0 saturated heterocycles. The standard InChI is InChI=1S/C13H18N4/c1-2-11-5-3-4-6-12(11)9-14-8-7-13-15-10-16-17-13/h3-6,10,14H,2,7-9H2,1H3,(H,15,16,17). The van der Waals surface area contributed by atoms with E-state index in [1.807, 2.05) is 0 Å². The van der Waals surface area contributed by atoms with Crippen molar-refractivity contribution in [2.24, 2.45) is 0 Å². The zero-order valence-corrected chi connectivity index (χ0v) is 10.1. The lowest BCUT2D eigenvalue weighted by Gasteiger charge is -2.08. The maximum Gasteiger partial charge on any atom is 0.137 e. The van der Waals surface area contributed by atoms with Gasteiger partial charge >= 0.3 is 0 Å². The molecule has 0 radical (unpaired) electrons. The predicted molar refractivity (Wildman–Crippen MR) is 67.6 cm³/mol. The number of aromatic amines is 1. The van der Waals surface area contributed by atoms with Gasteiger partial charge in [0.25, 0.3) is 0 Å². The molecule has 1 heterocycles. The van der Waals surface area contributed by atoms with Crippen LogP contribution in [0.1, 0.15) is 23.9 Å². The van der Waals surface area contributed by atoms with Crippen molar-refractivity contribution in [2.45, 2.75) is 26.3 Å². The Morgan fingerprint density at radius 2 is 2.06 bits per heavy atom. The predicted octanol–water partition coefficient (Wildman–Crippen LogP) is 1.70. The maximum absolute atomic E-state index is 4.09. The molecule has 4 heteroatoms. The van der Waals surface area contributed by atoms with Crippen LogP contribution in [0.5, 0.6) is 0 Å². The van der Waals surface area contributed by atoms with Crippen molar-refractivity contribution in [3.8, 4) is 0 Å². The van der Waals surface area contributed by atoms with Crippen LogP contribution in [0.2, 0.25) is 0 Å². The maximum atomic E-state index is 4.09. The molecule has 0 amide bonds. The van der Waals surface area contributed by atoms with Crippen molar-refractivity contribution in [1.82, 2.24) is 20.5 Å². The average Bonchev–Trinajstić information content (AvgIpc) is 2.88. The summed E-state index contributed by atoms with van der Waals surface area (Å²) in [4.78, 5) is 4.09. The smallest absolute Gasteiger partial charge is 0.137 e. The Labute approximate surface area is 101 Å². The third-order valence-corrected chi connectivity index (χ3v) is 2.82. The SMILES string of the molecule is CCc1ccccc1CNCCc1ncn[nH]1. The highest BCUT2D eigenvalue weighted by Gasteiger charge is 1.99. The number of hydrogen-bond donors (Lipinski definition) is 2. The summed E-state index contributed by atoms with van der Waals surface area (Å²) in [5, 5.41) is 10.1. The zero-order valence-electron chi connectivity index (χ0n) is 10.1. The first-order valence-corrected chi connectivity index (χ1v) is 6.02. The number of aromatic nitrogens is 3. The van der Waals surface area contributed by atoms with Crippen molar-refractivity contribution in [1.29, 1.82) is 0 Å². The monoisotopic (exact) mass is 230 g/mol. The van der Waals surface area contributed by atoms with E-state index in [2.05, 4.69) is 51.7 Å². The Morgan fingerprint density at radius 3 is 2.76 bits per heavy atom. The van der Waals surface area contributed by atoms with E-state index in [1.54, 1.807) is 6.33 Å². The molecule has 0 atom stereocenters. The number of nitrogens with one attached hydrogen (secondary N) is 2. The van der Waals surface area contributed by atoms with Crippen LogP contribution in [0.15, 0.2) is 30.6 Å². The molecule has 0 aliphatic heterocycles. The van der Waals surface area contributed by atoms with E-state index < -0.39 is 0 Å². The molecular weight excluding hydrogens is 212 g/mol. The van der Waals surface area contributed by atoms with Gasteiger partial charge in [-0.2, -0.15) is 5.10 Å². The van der Waals surface area contributed by atoms with E-state index in [9.17, 15) is 0 Å². The van der Waals surface area contributed by atoms with Gasteiger partial charge in [-0.1, -0.05) is 31.2 Å². The van der Waals surface area contributed by atoms with Gasteiger partial charge in [0.05, 0.1) is 0 Å². The van der Waals surface area contributed by atoms with E-state index in [-0.39, 0.29) is 0 Å². The number of hydrogen-bond acceptors (Lipinski definition) is 3. The van der Waals surface area contributed by atoms with Gasteiger partial charge in [-0.25, -0.2) is 4.98 Å². The van der Waals surface area contributed by atoms with Crippen molar-refractivity contribution < 1.29 is 0 Å². The number of benzene rings is 1. The van der Waals surface area contributed by atoms with Gasteiger partial charge in [0.15, 0.2) is 0 Å². The fourth-order valence-electron chi connectivity index (χ4n) is 1.86. The van der Waals surface area contributed by atoms with E-state index >= 15 is 0 Å². The molecule has 90 valence electrons. The Hall–Kier alpha value is -1.68. The van der Waals surface area contributed by atoms with Crippen molar-refractivity contribution in [2.75, 3.05) is 6.54 Å². The normalized spacial score (nSPS) is 10.6. The summed E-state index contributed by atoms with van der Waals surface area (Å²) in [5.74, 6) is 0.932. The van der Waals surface area contributed by atoms with Crippen LogP contribution in [0.3, 0.4) is 0 Å². The number of rotatable bonds is 6. The molecule has 0 spiro atoms. The van der Waals surface area contributed by atoms with Crippen LogP contribution in [-0.4, -0.2) is 21.7 Å². The summed E-state index contributed by atoms with van der Waals surface area (Å²) >= 11 is 0. The first-order valence-electron chi connectivity index (χ1n) is 6.02. The van der Waals surface area contributed by atoms with Gasteiger partial charge in [0.1, 0.15) is 12.2 Å². The molecule has 2 rings (SSSR count). The van der Waals surface area contributed by atoms with Crippen LogP contribution >= 0.6 is 0 Å². The van der Waals surface area contributed by atoms with Gasteiger partial charge in [-0.3, -0.25) is 5.10 Å². The molecule has 0 fully saturated rings. The lowest BCUT2D eigenvalue weighted by molar-refractivity contribution is 0.668. The molecule has 0 aliphatic rings. The lowest BCUT2D eigenvalue weighted by Crippen LogP contribution is -2.18. The van der Waals surface area contributed by atoms with Crippen LogP contribution in [0.4, 0.5) is 0 Å². The van der Waals surface area contributed by atoms with Crippen LogP contribution in [0, 0.1) is 0 Å². The summed E-state index contributed by atoms with van der Waals surface area (Å²) < 4.78 is 0. The van der Waals surface area contributed by atoms with Gasteiger partial charge in [-0.15, -0.1) is 0 Å². The van der Waals surface area contributed by atoms with Crippen molar-refractivity contribution >= 4 is 0 Å². The first kappa shape index (κ1) is 11.8. The van der Waals surface area contributed by atoms with Crippen molar-refractivity contribution in [3.63, 3.8) is 0 Å². The lowest BCUT2D eigenvalue weighted by atomic mass is 10.1. The third kappa shape index (κ3) is 3.39. The third-order valence-electron chi connectivity index (χ3n) is 2.82. The molecule has 0 saturated carbocycles. The quantitative estimate of drug-likeness (QED) is 0.743. The van der Waals surface area contributed by atoms with Gasteiger partial charge < -0.3 is 5.32 Å². The fraction of sp³-hybridized carbons (Fsp3) is 0.385. The van der Waals surface area contributed by atoms with Gasteiger partial charge in [0.2, 0.25) is 0 Å². The Morgan fingerprint density at radius 1 is 1.24 bits per heavy atom. The molecule has 4 nitrogen and oxygen atoms in total. The van der Waals surface area contributed by atoms with E-state index in [0.717, 1.165) is 31.8 Å². The van der Waals surface area contributed by atoms with E-state index in [0.29, 0.717) is 0 Å². The summed E-state index contributed by atoms with van der Waals surface area (Å²) in [6.07, 6.45) is 3.51. The van der Waals surface area contributed by atoms with Crippen LogP contribution in [-0.2, 0) is 19.4 Å². The molecular formula is C13H18N4. The Kier molecular flexibility index (Phi) is 4.27. The summed E-state index contributed by atoms with van der Waals surface area (Å²) in [5.41, 5.74) is 2.80. The highest BCUT2D eigenvalue weighted by molar-refractivity contribution is 5.26. The highest BCUT2D eigenvalue weighted by atomic mass is 15.2. The molecule has 0 bridgehead atoms. The molecule has 1 aromatic heterocycles. The molecule has 0 unspecified atom stereocenters. The second-order valence-corrected chi connectivity index (χ2v) is 3.98. The molecule has 17 heavy (non-hydrogen) atoms. The highest BCUT2D eigenvalue weighted by Crippen LogP contribution is 2.08. The zero-order chi connectivity index (χ0) is 11.9. The molecule has 2 N–H and O–H groups in total. The van der Waals surface area contributed by atoms with Crippen LogP contribution in [0.25, 0.3) is 0 Å². The van der Waals surface area contributed by atoms with E-state index in [1.165, 1.54) is 11.1 Å². The van der Waals surface area contributed by atoms with E-state index in [4.69, 9.17) is 0 Å². The Bertz CT molecular complexity index is 436. The topological polar surface area (TPSA) is 53.6 Å². The fourth-order valence-corrected chi connectivity index (χ4v) is 1.86. The number of nitrogens with zero attached hydrogens (tertiary/aromatic N) is 2. The minimum atomic E-state index is 0.883. The van der Waals surface area contributed by atoms with Gasteiger partial charge in [-0.05, 0) is 17.5 Å². The van der Waals surface area contributed by atoms with Crippen molar-refractivity contribution in [3.05, 3.63) is 47.5 Å². The molecule has 2 aromatic rings. The second kappa shape index (κ2) is 6.15. The average molecular weight is 230 g/mol. The van der Waals surface area contributed by atoms with Crippen LogP contribution < -0.4 is 5.32 Å². The van der Waals surface area contributed by atoms with Gasteiger partial charge in [0, 0.05) is 19.5 Å².